The van der Waals surface area contributed by atoms with Gasteiger partial charge in [0.1, 0.15) is 3.70 Å². The maximum absolute atomic E-state index is 5.48. The van der Waals surface area contributed by atoms with Crippen LogP contribution in [-0.2, 0) is 4.74 Å². The van der Waals surface area contributed by atoms with E-state index in [9.17, 15) is 0 Å². The Morgan fingerprint density at radius 3 is 2.52 bits per heavy atom. The standard InChI is InChI=1S/C16H24IN3O/c1-10(2)20-14(9-15(17)18-20)16-12-7-11(8-13(12)16)19-3-5-21-6-4-19/h9-13,16H,3-8H2,1-2H3/t11-,12-,13+,16+. The second-order valence-electron chi connectivity index (χ2n) is 7.06. The first-order chi connectivity index (χ1) is 10.1. The minimum atomic E-state index is 0.472. The van der Waals surface area contributed by atoms with Gasteiger partial charge in [0, 0.05) is 36.8 Å². The molecule has 0 spiro atoms. The lowest BCUT2D eigenvalue weighted by Gasteiger charge is -2.33. The maximum atomic E-state index is 5.48. The second kappa shape index (κ2) is 5.49. The van der Waals surface area contributed by atoms with Crippen LogP contribution in [0.15, 0.2) is 6.07 Å². The quantitative estimate of drug-likeness (QED) is 0.730. The highest BCUT2D eigenvalue weighted by molar-refractivity contribution is 14.1. The minimum absolute atomic E-state index is 0.472. The van der Waals surface area contributed by atoms with Crippen LogP contribution in [0.4, 0.5) is 0 Å². The molecular formula is C16H24IN3O. The number of rotatable bonds is 3. The van der Waals surface area contributed by atoms with E-state index in [1.807, 2.05) is 0 Å². The molecule has 2 heterocycles. The molecule has 0 unspecified atom stereocenters. The van der Waals surface area contributed by atoms with Crippen molar-refractivity contribution in [1.82, 2.24) is 14.7 Å². The van der Waals surface area contributed by atoms with Crippen LogP contribution >= 0.6 is 22.6 Å². The molecule has 1 aliphatic heterocycles. The summed E-state index contributed by atoms with van der Waals surface area (Å²) in [6.45, 7) is 8.59. The van der Waals surface area contributed by atoms with Crippen molar-refractivity contribution in [3.63, 3.8) is 0 Å². The van der Waals surface area contributed by atoms with E-state index in [1.165, 1.54) is 18.5 Å². The third-order valence-corrected chi connectivity index (χ3v) is 6.07. The van der Waals surface area contributed by atoms with Gasteiger partial charge in [-0.15, -0.1) is 0 Å². The summed E-state index contributed by atoms with van der Waals surface area (Å²) in [7, 11) is 0. The zero-order valence-corrected chi connectivity index (χ0v) is 15.0. The van der Waals surface area contributed by atoms with Crippen molar-refractivity contribution < 1.29 is 4.74 Å². The molecule has 0 radical (unpaired) electrons. The summed E-state index contributed by atoms with van der Waals surface area (Å²) >= 11 is 2.35. The molecule has 4 nitrogen and oxygen atoms in total. The highest BCUT2D eigenvalue weighted by Crippen LogP contribution is 2.64. The van der Waals surface area contributed by atoms with Crippen molar-refractivity contribution in [3.05, 3.63) is 15.5 Å². The Balaban J connectivity index is 1.44. The third-order valence-electron chi connectivity index (χ3n) is 5.55. The first-order valence-corrected chi connectivity index (χ1v) is 9.29. The van der Waals surface area contributed by atoms with E-state index in [2.05, 4.69) is 57.2 Å². The summed E-state index contributed by atoms with van der Waals surface area (Å²) in [6.07, 6.45) is 2.77. The van der Waals surface area contributed by atoms with Crippen LogP contribution in [0.1, 0.15) is 44.3 Å². The van der Waals surface area contributed by atoms with Gasteiger partial charge in [-0.3, -0.25) is 9.58 Å². The van der Waals surface area contributed by atoms with E-state index < -0.39 is 0 Å². The zero-order valence-electron chi connectivity index (χ0n) is 12.8. The van der Waals surface area contributed by atoms with Gasteiger partial charge in [0.05, 0.1) is 13.2 Å². The number of morpholine rings is 1. The van der Waals surface area contributed by atoms with E-state index in [-0.39, 0.29) is 0 Å². The first-order valence-electron chi connectivity index (χ1n) is 8.22. The molecule has 5 heteroatoms. The summed E-state index contributed by atoms with van der Waals surface area (Å²) in [6, 6.07) is 3.60. The van der Waals surface area contributed by atoms with Crippen LogP contribution in [0.2, 0.25) is 0 Å². The fraction of sp³-hybridized carbons (Fsp3) is 0.812. The van der Waals surface area contributed by atoms with Crippen LogP contribution in [0, 0.1) is 15.5 Å². The molecule has 0 bridgehead atoms. The number of aromatic nitrogens is 2. The van der Waals surface area contributed by atoms with E-state index in [4.69, 9.17) is 4.74 Å². The molecule has 2 saturated carbocycles. The monoisotopic (exact) mass is 401 g/mol. The lowest BCUT2D eigenvalue weighted by Crippen LogP contribution is -2.43. The van der Waals surface area contributed by atoms with Gasteiger partial charge in [-0.1, -0.05) is 0 Å². The average molecular weight is 401 g/mol. The second-order valence-corrected chi connectivity index (χ2v) is 8.16. The molecule has 4 atom stereocenters. The van der Waals surface area contributed by atoms with Crippen LogP contribution in [0.25, 0.3) is 0 Å². The summed E-state index contributed by atoms with van der Waals surface area (Å²) in [4.78, 5) is 2.66. The minimum Gasteiger partial charge on any atom is -0.379 e. The molecule has 3 fully saturated rings. The van der Waals surface area contributed by atoms with E-state index in [0.717, 1.165) is 53.8 Å². The van der Waals surface area contributed by atoms with Crippen molar-refractivity contribution in [2.45, 2.75) is 44.7 Å². The lowest BCUT2D eigenvalue weighted by molar-refractivity contribution is 0.0151. The van der Waals surface area contributed by atoms with E-state index >= 15 is 0 Å². The van der Waals surface area contributed by atoms with Crippen molar-refractivity contribution in [2.75, 3.05) is 26.3 Å². The largest absolute Gasteiger partial charge is 0.379 e. The fourth-order valence-electron chi connectivity index (χ4n) is 4.53. The maximum Gasteiger partial charge on any atom is 0.123 e. The Hall–Kier alpha value is -0.140. The Bertz CT molecular complexity index is 512. The van der Waals surface area contributed by atoms with Gasteiger partial charge in [0.25, 0.3) is 0 Å². The van der Waals surface area contributed by atoms with Crippen LogP contribution in [-0.4, -0.2) is 47.0 Å². The molecule has 2 aliphatic carbocycles. The number of halogens is 1. The van der Waals surface area contributed by atoms with Gasteiger partial charge in [-0.25, -0.2) is 0 Å². The van der Waals surface area contributed by atoms with Crippen molar-refractivity contribution in [3.8, 4) is 0 Å². The van der Waals surface area contributed by atoms with Gasteiger partial charge in [-0.05, 0) is 67.2 Å². The van der Waals surface area contributed by atoms with Crippen molar-refractivity contribution >= 4 is 22.6 Å². The smallest absolute Gasteiger partial charge is 0.123 e. The first kappa shape index (κ1) is 14.5. The van der Waals surface area contributed by atoms with Crippen molar-refractivity contribution in [1.29, 1.82) is 0 Å². The average Bonchev–Trinajstić information content (AvgIpc) is 2.86. The van der Waals surface area contributed by atoms with Gasteiger partial charge in [0.2, 0.25) is 0 Å². The molecule has 1 saturated heterocycles. The predicted molar refractivity (Wildman–Crippen MR) is 90.5 cm³/mol. The lowest BCUT2D eigenvalue weighted by atomic mass is 10.0. The summed E-state index contributed by atoms with van der Waals surface area (Å²) in [5.41, 5.74) is 1.49. The normalized spacial score (nSPS) is 36.2. The van der Waals surface area contributed by atoms with E-state index in [0.29, 0.717) is 6.04 Å². The SMILES string of the molecule is CC(C)n1nc(I)cc1[C@H]1[C@@H]2C[C@@H](N3CCOCC3)C[C@@H]21. The number of hydrogen-bond acceptors (Lipinski definition) is 3. The molecule has 1 aromatic heterocycles. The number of nitrogens with zero attached hydrogens (tertiary/aromatic N) is 3. The molecule has 0 N–H and O–H groups in total. The van der Waals surface area contributed by atoms with Gasteiger partial charge < -0.3 is 4.74 Å². The summed E-state index contributed by atoms with van der Waals surface area (Å²) < 4.78 is 8.88. The number of ether oxygens (including phenoxy) is 1. The molecule has 0 aromatic carbocycles. The topological polar surface area (TPSA) is 30.3 Å². The molecule has 3 aliphatic rings. The van der Waals surface area contributed by atoms with Crippen LogP contribution < -0.4 is 0 Å². The Labute approximate surface area is 140 Å². The molecular weight excluding hydrogens is 377 g/mol. The summed E-state index contributed by atoms with van der Waals surface area (Å²) in [5.74, 6) is 2.59. The van der Waals surface area contributed by atoms with E-state index in [1.54, 1.807) is 0 Å². The summed E-state index contributed by atoms with van der Waals surface area (Å²) in [5, 5.41) is 4.68. The van der Waals surface area contributed by atoms with Gasteiger partial charge >= 0.3 is 0 Å². The molecule has 116 valence electrons. The zero-order chi connectivity index (χ0) is 14.6. The van der Waals surface area contributed by atoms with Crippen molar-refractivity contribution in [2.24, 2.45) is 11.8 Å². The number of fused-ring (bicyclic) bond motifs is 1. The highest BCUT2D eigenvalue weighted by atomic mass is 127. The Morgan fingerprint density at radius 2 is 1.90 bits per heavy atom. The predicted octanol–water partition coefficient (Wildman–Crippen LogP) is 2.89. The Morgan fingerprint density at radius 1 is 1.24 bits per heavy atom. The van der Waals surface area contributed by atoms with Gasteiger partial charge in [0.15, 0.2) is 0 Å². The fourth-order valence-corrected chi connectivity index (χ4v) is 5.08. The third kappa shape index (κ3) is 2.55. The van der Waals surface area contributed by atoms with Gasteiger partial charge in [-0.2, -0.15) is 5.10 Å². The Kier molecular flexibility index (Phi) is 3.78. The molecule has 0 amide bonds. The highest BCUT2D eigenvalue weighted by Gasteiger charge is 2.58. The van der Waals surface area contributed by atoms with Crippen LogP contribution in [0.3, 0.4) is 0 Å². The van der Waals surface area contributed by atoms with Crippen LogP contribution in [0.5, 0.6) is 0 Å². The molecule has 1 aromatic rings. The molecule has 4 rings (SSSR count). The number of hydrogen-bond donors (Lipinski definition) is 0. The molecule has 21 heavy (non-hydrogen) atoms.